The van der Waals surface area contributed by atoms with Crippen LogP contribution in [0.4, 0.5) is 0 Å². The predicted octanol–water partition coefficient (Wildman–Crippen LogP) is 0.0529. The molecule has 0 aromatic heterocycles. The van der Waals surface area contributed by atoms with Crippen molar-refractivity contribution in [3.63, 3.8) is 0 Å². The van der Waals surface area contributed by atoms with Crippen molar-refractivity contribution in [1.29, 1.82) is 0 Å². The van der Waals surface area contributed by atoms with Gasteiger partial charge in [-0.05, 0) is 27.3 Å². The molecule has 4 nitrogen and oxygen atoms in total. The van der Waals surface area contributed by atoms with Crippen LogP contribution in [0.15, 0.2) is 0 Å². The molecule has 0 bridgehead atoms. The van der Waals surface area contributed by atoms with Gasteiger partial charge in [0.2, 0.25) is 0 Å². The van der Waals surface area contributed by atoms with Gasteiger partial charge in [0.15, 0.2) is 0 Å². The largest absolute Gasteiger partial charge is 0.395 e. The lowest BCUT2D eigenvalue weighted by Crippen LogP contribution is -2.36. The van der Waals surface area contributed by atoms with Crippen molar-refractivity contribution >= 4 is 0 Å². The molecule has 0 radical (unpaired) electrons. The molecule has 0 spiro atoms. The fourth-order valence-corrected chi connectivity index (χ4v) is 1.21. The lowest BCUT2D eigenvalue weighted by molar-refractivity contribution is 0.0503. The maximum absolute atomic E-state index is 8.93. The molecule has 2 unspecified atom stereocenters. The van der Waals surface area contributed by atoms with Crippen molar-refractivity contribution < 1.29 is 9.84 Å². The summed E-state index contributed by atoms with van der Waals surface area (Å²) >= 11 is 0. The van der Waals surface area contributed by atoms with Crippen molar-refractivity contribution in [3.8, 4) is 0 Å². The first-order chi connectivity index (χ1) is 6.65. The van der Waals surface area contributed by atoms with Crippen LogP contribution >= 0.6 is 0 Å². The number of nitrogens with two attached hydrogens (primary N) is 1. The summed E-state index contributed by atoms with van der Waals surface area (Å²) in [5.41, 5.74) is 5.56. The number of rotatable bonds is 8. The zero-order valence-electron chi connectivity index (χ0n) is 9.57. The molecule has 86 valence electrons. The molecule has 0 saturated heterocycles. The zero-order chi connectivity index (χ0) is 11.0. The average Bonchev–Trinajstić information content (AvgIpc) is 2.22. The van der Waals surface area contributed by atoms with Crippen LogP contribution in [0.5, 0.6) is 0 Å². The number of hydrogen-bond acceptors (Lipinski definition) is 4. The first-order valence-electron chi connectivity index (χ1n) is 5.28. The van der Waals surface area contributed by atoms with E-state index in [9.17, 15) is 0 Å². The minimum Gasteiger partial charge on any atom is -0.395 e. The number of nitrogens with zero attached hydrogens (tertiary/aromatic N) is 1. The SMILES string of the molecule is CCOC(CN)CCN(C)C(C)CO. The summed E-state index contributed by atoms with van der Waals surface area (Å²) in [7, 11) is 2.00. The van der Waals surface area contributed by atoms with Crippen LogP contribution in [-0.4, -0.2) is 55.5 Å². The van der Waals surface area contributed by atoms with Gasteiger partial charge >= 0.3 is 0 Å². The predicted molar refractivity (Wildman–Crippen MR) is 58.3 cm³/mol. The van der Waals surface area contributed by atoms with E-state index in [1.165, 1.54) is 0 Å². The Morgan fingerprint density at radius 3 is 2.57 bits per heavy atom. The van der Waals surface area contributed by atoms with E-state index in [1.807, 2.05) is 20.9 Å². The summed E-state index contributed by atoms with van der Waals surface area (Å²) in [6.07, 6.45) is 1.07. The summed E-state index contributed by atoms with van der Waals surface area (Å²) in [6.45, 7) is 6.35. The summed E-state index contributed by atoms with van der Waals surface area (Å²) in [5, 5.41) is 8.93. The molecule has 0 saturated carbocycles. The Balaban J connectivity index is 3.67. The van der Waals surface area contributed by atoms with Crippen molar-refractivity contribution in [2.75, 3.05) is 33.4 Å². The van der Waals surface area contributed by atoms with Crippen LogP contribution < -0.4 is 5.73 Å². The molecule has 0 aliphatic rings. The number of likely N-dealkylation sites (N-methyl/N-ethyl adjacent to an activating group) is 1. The number of ether oxygens (including phenoxy) is 1. The normalized spacial score (nSPS) is 15.9. The van der Waals surface area contributed by atoms with Gasteiger partial charge in [0.25, 0.3) is 0 Å². The van der Waals surface area contributed by atoms with E-state index in [-0.39, 0.29) is 18.8 Å². The van der Waals surface area contributed by atoms with E-state index in [1.54, 1.807) is 0 Å². The molecule has 0 amide bonds. The molecule has 0 aliphatic heterocycles. The minimum atomic E-state index is 0.147. The average molecular weight is 204 g/mol. The van der Waals surface area contributed by atoms with Crippen molar-refractivity contribution in [2.24, 2.45) is 5.73 Å². The number of aliphatic hydroxyl groups excluding tert-OH is 1. The highest BCUT2D eigenvalue weighted by Crippen LogP contribution is 2.01. The Labute approximate surface area is 87.0 Å². The second-order valence-electron chi connectivity index (χ2n) is 3.61. The standard InChI is InChI=1S/C10H24N2O2/c1-4-14-10(7-11)5-6-12(3)9(2)8-13/h9-10,13H,4-8,11H2,1-3H3. The number of hydrogen-bond donors (Lipinski definition) is 2. The van der Waals surface area contributed by atoms with E-state index in [2.05, 4.69) is 4.90 Å². The molecule has 0 aromatic carbocycles. The lowest BCUT2D eigenvalue weighted by Gasteiger charge is -2.25. The van der Waals surface area contributed by atoms with Gasteiger partial charge in [0, 0.05) is 25.7 Å². The molecular formula is C10H24N2O2. The monoisotopic (exact) mass is 204 g/mol. The molecule has 0 fully saturated rings. The Morgan fingerprint density at radius 1 is 1.50 bits per heavy atom. The smallest absolute Gasteiger partial charge is 0.0709 e. The van der Waals surface area contributed by atoms with Crippen LogP contribution in [0.2, 0.25) is 0 Å². The Kier molecular flexibility index (Phi) is 8.08. The molecule has 3 N–H and O–H groups in total. The van der Waals surface area contributed by atoms with Gasteiger partial charge in [-0.3, -0.25) is 0 Å². The van der Waals surface area contributed by atoms with E-state index in [0.29, 0.717) is 13.2 Å². The Hall–Kier alpha value is -0.160. The van der Waals surface area contributed by atoms with Crippen LogP contribution in [0.3, 0.4) is 0 Å². The van der Waals surface area contributed by atoms with Crippen molar-refractivity contribution in [1.82, 2.24) is 4.90 Å². The quantitative estimate of drug-likeness (QED) is 0.587. The third kappa shape index (κ3) is 5.54. The lowest BCUT2D eigenvalue weighted by atomic mass is 10.2. The van der Waals surface area contributed by atoms with E-state index >= 15 is 0 Å². The second kappa shape index (κ2) is 8.17. The van der Waals surface area contributed by atoms with E-state index in [4.69, 9.17) is 15.6 Å². The molecular weight excluding hydrogens is 180 g/mol. The van der Waals surface area contributed by atoms with Gasteiger partial charge in [-0.25, -0.2) is 0 Å². The third-order valence-corrected chi connectivity index (χ3v) is 2.49. The highest BCUT2D eigenvalue weighted by atomic mass is 16.5. The van der Waals surface area contributed by atoms with Gasteiger partial charge in [0.1, 0.15) is 0 Å². The number of aliphatic hydroxyl groups is 1. The van der Waals surface area contributed by atoms with Crippen LogP contribution in [0.1, 0.15) is 20.3 Å². The fourth-order valence-electron chi connectivity index (χ4n) is 1.21. The summed E-state index contributed by atoms with van der Waals surface area (Å²) in [4.78, 5) is 2.11. The Morgan fingerprint density at radius 2 is 2.14 bits per heavy atom. The highest BCUT2D eigenvalue weighted by Gasteiger charge is 2.11. The first-order valence-corrected chi connectivity index (χ1v) is 5.28. The molecule has 0 heterocycles. The highest BCUT2D eigenvalue weighted by molar-refractivity contribution is 4.66. The van der Waals surface area contributed by atoms with Gasteiger partial charge in [-0.15, -0.1) is 0 Å². The molecule has 2 atom stereocenters. The summed E-state index contributed by atoms with van der Waals surface area (Å²) in [5.74, 6) is 0. The van der Waals surface area contributed by atoms with E-state index in [0.717, 1.165) is 13.0 Å². The maximum atomic E-state index is 8.93. The van der Waals surface area contributed by atoms with Crippen LogP contribution in [0, 0.1) is 0 Å². The summed E-state index contributed by atoms with van der Waals surface area (Å²) in [6, 6.07) is 0.204. The van der Waals surface area contributed by atoms with Crippen molar-refractivity contribution in [2.45, 2.75) is 32.4 Å². The zero-order valence-corrected chi connectivity index (χ0v) is 9.57. The van der Waals surface area contributed by atoms with Gasteiger partial charge in [-0.1, -0.05) is 0 Å². The topological polar surface area (TPSA) is 58.7 Å². The van der Waals surface area contributed by atoms with Gasteiger partial charge < -0.3 is 20.5 Å². The maximum Gasteiger partial charge on any atom is 0.0709 e. The first kappa shape index (κ1) is 13.8. The van der Waals surface area contributed by atoms with Crippen molar-refractivity contribution in [3.05, 3.63) is 0 Å². The summed E-state index contributed by atoms with van der Waals surface area (Å²) < 4.78 is 5.44. The molecule has 0 aliphatic carbocycles. The van der Waals surface area contributed by atoms with Crippen LogP contribution in [0.25, 0.3) is 0 Å². The van der Waals surface area contributed by atoms with Crippen LogP contribution in [-0.2, 0) is 4.74 Å². The second-order valence-corrected chi connectivity index (χ2v) is 3.61. The fraction of sp³-hybridized carbons (Fsp3) is 1.00. The van der Waals surface area contributed by atoms with E-state index < -0.39 is 0 Å². The molecule has 4 heteroatoms. The van der Waals surface area contributed by atoms with Gasteiger partial charge in [0.05, 0.1) is 12.7 Å². The molecule has 0 aromatic rings. The third-order valence-electron chi connectivity index (χ3n) is 2.49. The molecule has 0 rings (SSSR count). The molecule has 14 heavy (non-hydrogen) atoms. The Bertz CT molecular complexity index is 131. The van der Waals surface area contributed by atoms with Gasteiger partial charge in [-0.2, -0.15) is 0 Å². The minimum absolute atomic E-state index is 0.147.